The number of nitrogens with two attached hydrogens (primary N) is 1. The lowest BCUT2D eigenvalue weighted by Gasteiger charge is -2.29. The molecule has 6 nitrogen and oxygen atoms in total. The van der Waals surface area contributed by atoms with Crippen LogP contribution in [0, 0.1) is 15.5 Å². The third-order valence-electron chi connectivity index (χ3n) is 2.96. The van der Waals surface area contributed by atoms with Gasteiger partial charge in [-0.1, -0.05) is 13.8 Å². The highest BCUT2D eigenvalue weighted by Crippen LogP contribution is 2.24. The van der Waals surface area contributed by atoms with Crippen molar-refractivity contribution in [3.63, 3.8) is 0 Å². The number of rotatable bonds is 5. The second-order valence-electron chi connectivity index (χ2n) is 5.45. The molecule has 2 N–H and O–H groups in total. The first kappa shape index (κ1) is 16.6. The minimum absolute atomic E-state index is 0.108. The molecule has 0 aliphatic heterocycles. The van der Waals surface area contributed by atoms with Crippen LogP contribution in [0.3, 0.4) is 0 Å². The molecular formula is C13H18BrN3O3. The Morgan fingerprint density at radius 2 is 2.10 bits per heavy atom. The van der Waals surface area contributed by atoms with Gasteiger partial charge in [0, 0.05) is 30.2 Å². The van der Waals surface area contributed by atoms with Crippen molar-refractivity contribution in [2.24, 2.45) is 11.1 Å². The van der Waals surface area contributed by atoms with Gasteiger partial charge in [-0.25, -0.2) is 0 Å². The molecule has 7 heteroatoms. The van der Waals surface area contributed by atoms with Crippen LogP contribution in [0.5, 0.6) is 0 Å². The van der Waals surface area contributed by atoms with Crippen LogP contribution in [0.15, 0.2) is 22.7 Å². The van der Waals surface area contributed by atoms with E-state index in [-0.39, 0.29) is 22.6 Å². The number of hydrogen-bond acceptors (Lipinski definition) is 4. The van der Waals surface area contributed by atoms with E-state index < -0.39 is 4.92 Å². The van der Waals surface area contributed by atoms with Crippen molar-refractivity contribution in [2.45, 2.75) is 13.8 Å². The van der Waals surface area contributed by atoms with Gasteiger partial charge in [-0.05, 0) is 34.0 Å². The van der Waals surface area contributed by atoms with Crippen LogP contribution in [0.2, 0.25) is 0 Å². The molecule has 0 heterocycles. The maximum absolute atomic E-state index is 12.4. The monoisotopic (exact) mass is 343 g/mol. The lowest BCUT2D eigenvalue weighted by Crippen LogP contribution is -2.39. The van der Waals surface area contributed by atoms with Gasteiger partial charge in [0.2, 0.25) is 0 Å². The van der Waals surface area contributed by atoms with Crippen LogP contribution in [0.25, 0.3) is 0 Å². The summed E-state index contributed by atoms with van der Waals surface area (Å²) in [5, 5.41) is 10.8. The molecule has 0 radical (unpaired) electrons. The maximum Gasteiger partial charge on any atom is 0.270 e. The van der Waals surface area contributed by atoms with Crippen molar-refractivity contribution in [2.75, 3.05) is 20.1 Å². The van der Waals surface area contributed by atoms with Crippen LogP contribution >= 0.6 is 15.9 Å². The smallest absolute Gasteiger partial charge is 0.270 e. The first-order valence-electron chi connectivity index (χ1n) is 6.07. The van der Waals surface area contributed by atoms with Crippen molar-refractivity contribution in [1.29, 1.82) is 0 Å². The molecule has 1 aromatic rings. The van der Waals surface area contributed by atoms with Gasteiger partial charge in [0.15, 0.2) is 0 Å². The number of non-ortho nitro benzene ring substituents is 1. The zero-order valence-corrected chi connectivity index (χ0v) is 13.3. The molecule has 0 fully saturated rings. The molecule has 110 valence electrons. The summed E-state index contributed by atoms with van der Waals surface area (Å²) in [4.78, 5) is 24.2. The largest absolute Gasteiger partial charge is 0.341 e. The van der Waals surface area contributed by atoms with E-state index in [1.165, 1.54) is 23.1 Å². The summed E-state index contributed by atoms with van der Waals surface area (Å²) >= 11 is 3.25. The number of carbonyl (C=O) groups excluding carboxylic acids is 1. The van der Waals surface area contributed by atoms with E-state index >= 15 is 0 Å². The van der Waals surface area contributed by atoms with Gasteiger partial charge < -0.3 is 10.6 Å². The first-order chi connectivity index (χ1) is 9.18. The number of nitro benzene ring substituents is 1. The van der Waals surface area contributed by atoms with Crippen molar-refractivity contribution in [3.8, 4) is 0 Å². The molecule has 1 aromatic carbocycles. The van der Waals surface area contributed by atoms with Gasteiger partial charge in [-0.3, -0.25) is 14.9 Å². The fourth-order valence-corrected chi connectivity index (χ4v) is 2.19. The predicted octanol–water partition coefficient (Wildman–Crippen LogP) is 2.41. The summed E-state index contributed by atoms with van der Waals surface area (Å²) in [5.74, 6) is -0.276. The average molecular weight is 344 g/mol. The number of amides is 1. The third-order valence-corrected chi connectivity index (χ3v) is 3.65. The van der Waals surface area contributed by atoms with Gasteiger partial charge in [0.1, 0.15) is 0 Å². The van der Waals surface area contributed by atoms with Gasteiger partial charge in [0.25, 0.3) is 11.6 Å². The Hall–Kier alpha value is -1.47. The number of nitrogens with zero attached hydrogens (tertiary/aromatic N) is 2. The molecule has 1 rings (SSSR count). The molecule has 20 heavy (non-hydrogen) atoms. The van der Waals surface area contributed by atoms with E-state index in [1.807, 2.05) is 13.8 Å². The summed E-state index contributed by atoms with van der Waals surface area (Å²) in [7, 11) is 1.66. The molecule has 0 bridgehead atoms. The van der Waals surface area contributed by atoms with Crippen molar-refractivity contribution in [1.82, 2.24) is 4.90 Å². The normalized spacial score (nSPS) is 11.2. The van der Waals surface area contributed by atoms with E-state index in [4.69, 9.17) is 5.73 Å². The molecule has 0 aliphatic rings. The van der Waals surface area contributed by atoms with E-state index in [9.17, 15) is 14.9 Å². The highest BCUT2D eigenvalue weighted by Gasteiger charge is 2.24. The summed E-state index contributed by atoms with van der Waals surface area (Å²) in [5.41, 5.74) is 5.60. The zero-order chi connectivity index (χ0) is 15.5. The molecule has 0 saturated heterocycles. The van der Waals surface area contributed by atoms with Crippen LogP contribution in [0.1, 0.15) is 24.2 Å². The highest BCUT2D eigenvalue weighted by atomic mass is 79.9. The van der Waals surface area contributed by atoms with Gasteiger partial charge in [-0.2, -0.15) is 0 Å². The number of carbonyl (C=O) groups is 1. The lowest BCUT2D eigenvalue weighted by atomic mass is 9.93. The molecule has 0 unspecified atom stereocenters. The van der Waals surface area contributed by atoms with E-state index in [0.717, 1.165) is 0 Å². The Morgan fingerprint density at radius 1 is 1.50 bits per heavy atom. The highest BCUT2D eigenvalue weighted by molar-refractivity contribution is 9.10. The molecule has 0 saturated carbocycles. The summed E-state index contributed by atoms with van der Waals surface area (Å²) in [6.07, 6.45) is 0. The lowest BCUT2D eigenvalue weighted by molar-refractivity contribution is -0.384. The molecule has 1 amide bonds. The minimum atomic E-state index is -0.521. The fourth-order valence-electron chi connectivity index (χ4n) is 1.77. The number of nitro groups is 1. The Labute approximate surface area is 126 Å². The van der Waals surface area contributed by atoms with Crippen LogP contribution in [0.4, 0.5) is 5.69 Å². The topological polar surface area (TPSA) is 89.5 Å². The number of benzene rings is 1. The van der Waals surface area contributed by atoms with E-state index in [0.29, 0.717) is 17.6 Å². The minimum Gasteiger partial charge on any atom is -0.341 e. The van der Waals surface area contributed by atoms with E-state index in [1.54, 1.807) is 7.05 Å². The average Bonchev–Trinajstić information content (AvgIpc) is 2.37. The van der Waals surface area contributed by atoms with Crippen LogP contribution in [-0.2, 0) is 0 Å². The molecule has 0 atom stereocenters. The SMILES string of the molecule is CN(CC(C)(C)CN)C(=O)c1cc([N+](=O)[O-])ccc1Br. The predicted molar refractivity (Wildman–Crippen MR) is 80.6 cm³/mol. The Morgan fingerprint density at radius 3 is 2.60 bits per heavy atom. The summed E-state index contributed by atoms with van der Waals surface area (Å²) < 4.78 is 0.533. The van der Waals surface area contributed by atoms with E-state index in [2.05, 4.69) is 15.9 Å². The molecule has 0 spiro atoms. The molecular weight excluding hydrogens is 326 g/mol. The number of hydrogen-bond donors (Lipinski definition) is 1. The Bertz CT molecular complexity index is 532. The first-order valence-corrected chi connectivity index (χ1v) is 6.87. The second-order valence-corrected chi connectivity index (χ2v) is 6.31. The van der Waals surface area contributed by atoms with Crippen molar-refractivity contribution < 1.29 is 9.72 Å². The van der Waals surface area contributed by atoms with Gasteiger partial charge in [0.05, 0.1) is 10.5 Å². The maximum atomic E-state index is 12.4. The summed E-state index contributed by atoms with van der Waals surface area (Å²) in [6.45, 7) is 4.83. The Kier molecular flexibility index (Phi) is 5.24. The van der Waals surface area contributed by atoms with Crippen molar-refractivity contribution >= 4 is 27.5 Å². The summed E-state index contributed by atoms with van der Waals surface area (Å²) in [6, 6.07) is 4.14. The number of halogens is 1. The van der Waals surface area contributed by atoms with Gasteiger partial charge in [-0.15, -0.1) is 0 Å². The molecule has 0 aliphatic carbocycles. The second kappa shape index (κ2) is 6.32. The van der Waals surface area contributed by atoms with Crippen LogP contribution < -0.4 is 5.73 Å². The van der Waals surface area contributed by atoms with Crippen LogP contribution in [-0.4, -0.2) is 35.9 Å². The fraction of sp³-hybridized carbons (Fsp3) is 0.462. The molecule has 0 aromatic heterocycles. The quantitative estimate of drug-likeness (QED) is 0.656. The Balaban J connectivity index is 3.02. The zero-order valence-electron chi connectivity index (χ0n) is 11.7. The van der Waals surface area contributed by atoms with Gasteiger partial charge >= 0.3 is 0 Å². The third kappa shape index (κ3) is 4.01. The van der Waals surface area contributed by atoms with Crippen molar-refractivity contribution in [3.05, 3.63) is 38.3 Å². The standard InChI is InChI=1S/C13H18BrN3O3/c1-13(2,7-15)8-16(3)12(18)10-6-9(17(19)20)4-5-11(10)14/h4-6H,7-8,15H2,1-3H3.